The Kier molecular flexibility index (Phi) is 3.20. The summed E-state index contributed by atoms with van der Waals surface area (Å²) in [6, 6.07) is 6.46. The second-order valence-corrected chi connectivity index (χ2v) is 4.25. The SMILES string of the molecule is O=C(O)C1=CC(=O)N(c2ccc(S)cc2)C(=O)C1. The summed E-state index contributed by atoms with van der Waals surface area (Å²) in [5, 5.41) is 8.77. The average molecular weight is 263 g/mol. The zero-order chi connectivity index (χ0) is 13.3. The molecule has 1 N–H and O–H groups in total. The van der Waals surface area contributed by atoms with Crippen molar-refractivity contribution in [3.63, 3.8) is 0 Å². The van der Waals surface area contributed by atoms with E-state index in [2.05, 4.69) is 12.6 Å². The van der Waals surface area contributed by atoms with E-state index in [4.69, 9.17) is 5.11 Å². The number of rotatable bonds is 2. The Balaban J connectivity index is 2.36. The van der Waals surface area contributed by atoms with Crippen molar-refractivity contribution in [2.24, 2.45) is 0 Å². The molecule has 6 heteroatoms. The lowest BCUT2D eigenvalue weighted by atomic mass is 10.1. The Morgan fingerprint density at radius 3 is 2.33 bits per heavy atom. The van der Waals surface area contributed by atoms with Crippen LogP contribution in [-0.2, 0) is 14.4 Å². The van der Waals surface area contributed by atoms with Gasteiger partial charge in [0.2, 0.25) is 5.91 Å². The molecule has 18 heavy (non-hydrogen) atoms. The Bertz CT molecular complexity index is 562. The summed E-state index contributed by atoms with van der Waals surface area (Å²) in [4.78, 5) is 35.9. The van der Waals surface area contributed by atoms with E-state index in [0.717, 1.165) is 11.0 Å². The number of carbonyl (C=O) groups is 3. The van der Waals surface area contributed by atoms with Crippen molar-refractivity contribution in [2.75, 3.05) is 4.90 Å². The minimum absolute atomic E-state index is 0.188. The molecule has 2 rings (SSSR count). The van der Waals surface area contributed by atoms with E-state index in [1.54, 1.807) is 24.3 Å². The Morgan fingerprint density at radius 1 is 1.22 bits per heavy atom. The van der Waals surface area contributed by atoms with E-state index < -0.39 is 17.8 Å². The van der Waals surface area contributed by atoms with Crippen LogP contribution in [0.3, 0.4) is 0 Å². The molecule has 0 atom stereocenters. The van der Waals surface area contributed by atoms with Crippen molar-refractivity contribution in [3.8, 4) is 0 Å². The number of benzene rings is 1. The number of thiol groups is 1. The van der Waals surface area contributed by atoms with Gasteiger partial charge in [0.25, 0.3) is 5.91 Å². The van der Waals surface area contributed by atoms with Gasteiger partial charge in [-0.2, -0.15) is 0 Å². The van der Waals surface area contributed by atoms with Crippen LogP contribution in [0.2, 0.25) is 0 Å². The molecule has 1 aliphatic rings. The molecule has 0 aromatic heterocycles. The van der Waals surface area contributed by atoms with Crippen LogP contribution in [0.15, 0.2) is 40.8 Å². The predicted molar refractivity (Wildman–Crippen MR) is 66.5 cm³/mol. The number of amides is 2. The lowest BCUT2D eigenvalue weighted by molar-refractivity contribution is -0.135. The molecular formula is C12H9NO4S. The fraction of sp³-hybridized carbons (Fsp3) is 0.0833. The number of imide groups is 1. The molecule has 0 fully saturated rings. The quantitative estimate of drug-likeness (QED) is 0.622. The Morgan fingerprint density at radius 2 is 1.83 bits per heavy atom. The van der Waals surface area contributed by atoms with Crippen molar-refractivity contribution in [1.82, 2.24) is 0 Å². The molecule has 0 bridgehead atoms. The van der Waals surface area contributed by atoms with Gasteiger partial charge in [-0.25, -0.2) is 9.69 Å². The fourth-order valence-corrected chi connectivity index (χ4v) is 1.79. The summed E-state index contributed by atoms with van der Waals surface area (Å²) < 4.78 is 0. The molecule has 0 unspecified atom stereocenters. The third kappa shape index (κ3) is 2.28. The van der Waals surface area contributed by atoms with Crippen molar-refractivity contribution in [2.45, 2.75) is 11.3 Å². The highest BCUT2D eigenvalue weighted by Crippen LogP contribution is 2.23. The van der Waals surface area contributed by atoms with Crippen molar-refractivity contribution < 1.29 is 19.5 Å². The van der Waals surface area contributed by atoms with E-state index >= 15 is 0 Å². The highest BCUT2D eigenvalue weighted by molar-refractivity contribution is 7.80. The molecule has 0 radical (unpaired) electrons. The largest absolute Gasteiger partial charge is 0.478 e. The number of anilines is 1. The van der Waals surface area contributed by atoms with Crippen LogP contribution in [0.5, 0.6) is 0 Å². The van der Waals surface area contributed by atoms with Gasteiger partial charge in [-0.05, 0) is 24.3 Å². The highest BCUT2D eigenvalue weighted by atomic mass is 32.1. The van der Waals surface area contributed by atoms with Crippen LogP contribution in [0, 0.1) is 0 Å². The van der Waals surface area contributed by atoms with E-state index in [0.29, 0.717) is 10.6 Å². The zero-order valence-electron chi connectivity index (χ0n) is 9.16. The summed E-state index contributed by atoms with van der Waals surface area (Å²) in [5.41, 5.74) is 0.218. The van der Waals surface area contributed by atoms with Gasteiger partial charge in [-0.1, -0.05) is 0 Å². The molecule has 0 saturated carbocycles. The first-order valence-corrected chi connectivity index (χ1v) is 5.53. The van der Waals surface area contributed by atoms with Gasteiger partial charge in [-0.3, -0.25) is 9.59 Å². The zero-order valence-corrected chi connectivity index (χ0v) is 10.1. The summed E-state index contributed by atoms with van der Waals surface area (Å²) in [5.74, 6) is -2.44. The second kappa shape index (κ2) is 4.66. The molecular weight excluding hydrogens is 254 g/mol. The number of carboxylic acids is 1. The molecule has 1 aromatic carbocycles. The first kappa shape index (κ1) is 12.4. The van der Waals surface area contributed by atoms with Crippen LogP contribution in [-0.4, -0.2) is 22.9 Å². The van der Waals surface area contributed by atoms with Gasteiger partial charge in [0.1, 0.15) is 0 Å². The maximum Gasteiger partial charge on any atom is 0.332 e. The van der Waals surface area contributed by atoms with Crippen LogP contribution in [0.4, 0.5) is 5.69 Å². The number of carboxylic acid groups (broad SMARTS) is 1. The maximum atomic E-state index is 11.8. The number of carbonyl (C=O) groups excluding carboxylic acids is 2. The van der Waals surface area contributed by atoms with Crippen molar-refractivity contribution in [1.29, 1.82) is 0 Å². The third-order valence-corrected chi connectivity index (χ3v) is 2.79. The minimum Gasteiger partial charge on any atom is -0.478 e. The normalized spacial score (nSPS) is 15.6. The molecule has 1 aromatic rings. The number of hydrogen-bond donors (Lipinski definition) is 2. The van der Waals surface area contributed by atoms with Gasteiger partial charge >= 0.3 is 5.97 Å². The van der Waals surface area contributed by atoms with Gasteiger partial charge in [0.15, 0.2) is 0 Å². The fourth-order valence-electron chi connectivity index (χ4n) is 1.64. The third-order valence-electron chi connectivity index (χ3n) is 2.49. The molecule has 5 nitrogen and oxygen atoms in total. The minimum atomic E-state index is -1.25. The van der Waals surface area contributed by atoms with Crippen LogP contribution in [0.1, 0.15) is 6.42 Å². The summed E-state index contributed by atoms with van der Waals surface area (Å²) in [7, 11) is 0. The maximum absolute atomic E-state index is 11.8. The van der Waals surface area contributed by atoms with Crippen molar-refractivity contribution >= 4 is 36.1 Å². The molecule has 0 aliphatic carbocycles. The molecule has 0 spiro atoms. The molecule has 92 valence electrons. The summed E-state index contributed by atoms with van der Waals surface area (Å²) in [6.07, 6.45) is 0.683. The highest BCUT2D eigenvalue weighted by Gasteiger charge is 2.30. The van der Waals surface area contributed by atoms with E-state index in [-0.39, 0.29) is 12.0 Å². The van der Waals surface area contributed by atoms with Crippen molar-refractivity contribution in [3.05, 3.63) is 35.9 Å². The Labute approximate surface area is 108 Å². The molecule has 1 aliphatic heterocycles. The van der Waals surface area contributed by atoms with Gasteiger partial charge in [0, 0.05) is 11.0 Å². The van der Waals surface area contributed by atoms with Crippen LogP contribution in [0.25, 0.3) is 0 Å². The number of nitrogens with zero attached hydrogens (tertiary/aromatic N) is 1. The van der Waals surface area contributed by atoms with Gasteiger partial charge < -0.3 is 5.11 Å². The average Bonchev–Trinajstić information content (AvgIpc) is 2.30. The van der Waals surface area contributed by atoms with E-state index in [1.165, 1.54) is 0 Å². The number of aliphatic carboxylic acids is 1. The summed E-state index contributed by atoms with van der Waals surface area (Å²) in [6.45, 7) is 0. The molecule has 0 saturated heterocycles. The molecule has 2 amide bonds. The van der Waals surface area contributed by atoms with Crippen LogP contribution < -0.4 is 4.90 Å². The lowest BCUT2D eigenvalue weighted by Gasteiger charge is -2.23. The molecule has 1 heterocycles. The lowest BCUT2D eigenvalue weighted by Crippen LogP contribution is -2.40. The number of hydrogen-bond acceptors (Lipinski definition) is 4. The standard InChI is InChI=1S/C12H9NO4S/c14-10-5-7(12(16)17)6-11(15)13(10)8-1-3-9(18)4-2-8/h1-5,18H,6H2,(H,16,17). The smallest absolute Gasteiger partial charge is 0.332 e. The summed E-state index contributed by atoms with van der Waals surface area (Å²) >= 11 is 4.10. The first-order valence-electron chi connectivity index (χ1n) is 5.09. The second-order valence-electron chi connectivity index (χ2n) is 3.74. The van der Waals surface area contributed by atoms with Gasteiger partial charge in [-0.15, -0.1) is 12.6 Å². The Hall–Kier alpha value is -2.08. The van der Waals surface area contributed by atoms with Crippen LogP contribution >= 0.6 is 12.6 Å². The van der Waals surface area contributed by atoms with Gasteiger partial charge in [0.05, 0.1) is 17.7 Å². The topological polar surface area (TPSA) is 74.7 Å². The van der Waals surface area contributed by atoms with E-state index in [1.807, 2.05) is 0 Å². The first-order chi connectivity index (χ1) is 8.49. The predicted octanol–water partition coefficient (Wildman–Crippen LogP) is 1.25. The van der Waals surface area contributed by atoms with E-state index in [9.17, 15) is 14.4 Å². The monoisotopic (exact) mass is 263 g/mol.